The highest BCUT2D eigenvalue weighted by atomic mass is 32.2. The van der Waals surface area contributed by atoms with Gasteiger partial charge in [0.1, 0.15) is 6.04 Å². The van der Waals surface area contributed by atoms with Crippen LogP contribution < -0.4 is 9.62 Å². The Kier molecular flexibility index (Phi) is 10.3. The van der Waals surface area contributed by atoms with Gasteiger partial charge in [0.25, 0.3) is 0 Å². The van der Waals surface area contributed by atoms with E-state index in [0.717, 1.165) is 28.7 Å². The summed E-state index contributed by atoms with van der Waals surface area (Å²) >= 11 is 0. The fraction of sp³-hybridized carbons (Fsp3) is 0.481. The minimum atomic E-state index is -3.51. The fourth-order valence-corrected chi connectivity index (χ4v) is 4.71. The van der Waals surface area contributed by atoms with Crippen LogP contribution in [0.25, 0.3) is 0 Å². The van der Waals surface area contributed by atoms with Gasteiger partial charge >= 0.3 is 0 Å². The van der Waals surface area contributed by atoms with Crippen molar-refractivity contribution in [2.24, 2.45) is 0 Å². The Morgan fingerprint density at radius 1 is 1.00 bits per heavy atom. The largest absolute Gasteiger partial charge is 0.354 e. The van der Waals surface area contributed by atoms with Crippen molar-refractivity contribution in [3.8, 4) is 0 Å². The Hall–Kier alpha value is -2.87. The summed E-state index contributed by atoms with van der Waals surface area (Å²) in [5.41, 5.74) is 4.73. The monoisotopic (exact) mass is 501 g/mol. The number of carbonyl (C=O) groups is 2. The second kappa shape index (κ2) is 12.7. The van der Waals surface area contributed by atoms with E-state index in [0.29, 0.717) is 25.2 Å². The molecular weight excluding hydrogens is 462 g/mol. The van der Waals surface area contributed by atoms with Crippen LogP contribution in [0.1, 0.15) is 55.4 Å². The lowest BCUT2D eigenvalue weighted by Gasteiger charge is -2.29. The molecular formula is C27H39N3O4S. The minimum absolute atomic E-state index is 0.133. The highest BCUT2D eigenvalue weighted by Crippen LogP contribution is 2.22. The maximum atomic E-state index is 13.3. The van der Waals surface area contributed by atoms with Crippen molar-refractivity contribution in [3.05, 3.63) is 64.7 Å². The molecule has 0 aliphatic heterocycles. The summed E-state index contributed by atoms with van der Waals surface area (Å²) in [6.45, 7) is 10.7. The second-order valence-corrected chi connectivity index (χ2v) is 11.1. The van der Waals surface area contributed by atoms with Gasteiger partial charge in [-0.25, -0.2) is 8.42 Å². The summed E-state index contributed by atoms with van der Waals surface area (Å²) in [5.74, 6) is -0.376. The molecule has 2 rings (SSSR count). The van der Waals surface area contributed by atoms with Gasteiger partial charge in [0.15, 0.2) is 0 Å². The Bertz CT molecular complexity index is 1110. The molecule has 1 atom stereocenters. The Morgan fingerprint density at radius 3 is 2.23 bits per heavy atom. The number of nitrogens with zero attached hydrogens (tertiary/aromatic N) is 2. The van der Waals surface area contributed by atoms with Crippen molar-refractivity contribution in [1.29, 1.82) is 0 Å². The van der Waals surface area contributed by atoms with Crippen LogP contribution in [-0.2, 0) is 26.2 Å². The summed E-state index contributed by atoms with van der Waals surface area (Å²) in [4.78, 5) is 27.5. The summed E-state index contributed by atoms with van der Waals surface area (Å²) in [6, 6.07) is 12.8. The van der Waals surface area contributed by atoms with E-state index < -0.39 is 16.1 Å². The fourth-order valence-electron chi connectivity index (χ4n) is 3.75. The van der Waals surface area contributed by atoms with Gasteiger partial charge in [0.05, 0.1) is 11.9 Å². The van der Waals surface area contributed by atoms with Crippen LogP contribution in [0.15, 0.2) is 42.5 Å². The maximum Gasteiger partial charge on any atom is 0.242 e. The summed E-state index contributed by atoms with van der Waals surface area (Å²) < 4.78 is 26.3. The molecule has 1 N–H and O–H groups in total. The summed E-state index contributed by atoms with van der Waals surface area (Å²) in [6.07, 6.45) is 2.46. The SMILES string of the molecule is CCCNC(=O)C(C)N(Cc1ccc(C)cc1)C(=O)CCCN(c1ccc(C)c(C)c1)S(C)(=O)=O. The van der Waals surface area contributed by atoms with Gasteiger partial charge < -0.3 is 10.2 Å². The minimum Gasteiger partial charge on any atom is -0.354 e. The van der Waals surface area contributed by atoms with Gasteiger partial charge in [-0.1, -0.05) is 42.8 Å². The van der Waals surface area contributed by atoms with Gasteiger partial charge in [-0.3, -0.25) is 13.9 Å². The molecule has 2 aromatic rings. The normalized spacial score (nSPS) is 12.2. The zero-order valence-electron chi connectivity index (χ0n) is 21.8. The van der Waals surface area contributed by atoms with E-state index in [1.54, 1.807) is 17.9 Å². The molecule has 192 valence electrons. The Labute approximate surface area is 210 Å². The van der Waals surface area contributed by atoms with Crippen molar-refractivity contribution in [3.63, 3.8) is 0 Å². The smallest absolute Gasteiger partial charge is 0.242 e. The first kappa shape index (κ1) is 28.4. The van der Waals surface area contributed by atoms with E-state index in [4.69, 9.17) is 0 Å². The van der Waals surface area contributed by atoms with E-state index in [1.165, 1.54) is 10.6 Å². The number of benzene rings is 2. The van der Waals surface area contributed by atoms with Crippen molar-refractivity contribution in [1.82, 2.24) is 10.2 Å². The first-order valence-electron chi connectivity index (χ1n) is 12.1. The Balaban J connectivity index is 2.16. The maximum absolute atomic E-state index is 13.3. The summed E-state index contributed by atoms with van der Waals surface area (Å²) in [7, 11) is -3.51. The molecule has 7 nitrogen and oxygen atoms in total. The number of anilines is 1. The first-order chi connectivity index (χ1) is 16.4. The molecule has 0 fully saturated rings. The Morgan fingerprint density at radius 2 is 1.66 bits per heavy atom. The molecule has 0 saturated heterocycles. The van der Waals surface area contributed by atoms with E-state index in [-0.39, 0.29) is 24.8 Å². The number of carbonyl (C=O) groups excluding carboxylic acids is 2. The molecule has 0 spiro atoms. The van der Waals surface area contributed by atoms with E-state index in [2.05, 4.69) is 5.32 Å². The standard InChI is InChI=1S/C27H39N3O4S/c1-7-16-28-27(32)23(5)29(19-24-13-10-20(2)11-14-24)26(31)9-8-17-30(35(6,33)34)25-15-12-21(3)22(4)18-25/h10-15,18,23H,7-9,16-17,19H2,1-6H3,(H,28,32). The van der Waals surface area contributed by atoms with E-state index in [9.17, 15) is 18.0 Å². The highest BCUT2D eigenvalue weighted by molar-refractivity contribution is 7.92. The average molecular weight is 502 g/mol. The van der Waals surface area contributed by atoms with Crippen molar-refractivity contribution in [2.45, 2.75) is 66.5 Å². The average Bonchev–Trinajstić information content (AvgIpc) is 2.80. The molecule has 0 bridgehead atoms. The predicted octanol–water partition coefficient (Wildman–Crippen LogP) is 4.10. The van der Waals surface area contributed by atoms with E-state index >= 15 is 0 Å². The molecule has 0 radical (unpaired) electrons. The van der Waals surface area contributed by atoms with Crippen molar-refractivity contribution < 1.29 is 18.0 Å². The lowest BCUT2D eigenvalue weighted by atomic mass is 10.1. The van der Waals surface area contributed by atoms with Crippen molar-refractivity contribution >= 4 is 27.5 Å². The third-order valence-corrected chi connectivity index (χ3v) is 7.31. The zero-order chi connectivity index (χ0) is 26.2. The van der Waals surface area contributed by atoms with Crippen LogP contribution >= 0.6 is 0 Å². The van der Waals surface area contributed by atoms with Crippen LogP contribution in [0, 0.1) is 20.8 Å². The molecule has 0 saturated carbocycles. The lowest BCUT2D eigenvalue weighted by Crippen LogP contribution is -2.47. The van der Waals surface area contributed by atoms with Crippen LogP contribution in [0.5, 0.6) is 0 Å². The molecule has 0 heterocycles. The lowest BCUT2D eigenvalue weighted by molar-refractivity contribution is -0.140. The van der Waals surface area contributed by atoms with Gasteiger partial charge in [-0.05, 0) is 69.4 Å². The van der Waals surface area contributed by atoms with Gasteiger partial charge in [-0.15, -0.1) is 0 Å². The quantitative estimate of drug-likeness (QED) is 0.474. The highest BCUT2D eigenvalue weighted by Gasteiger charge is 2.26. The number of nitrogens with one attached hydrogen (secondary N) is 1. The number of rotatable bonds is 12. The van der Waals surface area contributed by atoms with E-state index in [1.807, 2.05) is 64.1 Å². The molecule has 2 amide bonds. The predicted molar refractivity (Wildman–Crippen MR) is 142 cm³/mol. The van der Waals surface area contributed by atoms with Gasteiger partial charge in [0.2, 0.25) is 21.8 Å². The molecule has 0 aliphatic carbocycles. The van der Waals surface area contributed by atoms with Crippen LogP contribution in [0.3, 0.4) is 0 Å². The third-order valence-electron chi connectivity index (χ3n) is 6.12. The third kappa shape index (κ3) is 8.38. The number of amides is 2. The molecule has 0 aliphatic rings. The second-order valence-electron chi connectivity index (χ2n) is 9.18. The number of hydrogen-bond acceptors (Lipinski definition) is 4. The molecule has 1 unspecified atom stereocenters. The van der Waals surface area contributed by atoms with Crippen LogP contribution in [0.2, 0.25) is 0 Å². The first-order valence-corrected chi connectivity index (χ1v) is 14.0. The number of aryl methyl sites for hydroxylation is 3. The van der Waals surface area contributed by atoms with Crippen LogP contribution in [-0.4, -0.2) is 50.5 Å². The van der Waals surface area contributed by atoms with Crippen LogP contribution in [0.4, 0.5) is 5.69 Å². The molecule has 2 aromatic carbocycles. The zero-order valence-corrected chi connectivity index (χ0v) is 22.6. The topological polar surface area (TPSA) is 86.8 Å². The molecule has 0 aromatic heterocycles. The number of sulfonamides is 1. The molecule has 35 heavy (non-hydrogen) atoms. The van der Waals surface area contributed by atoms with Crippen molar-refractivity contribution in [2.75, 3.05) is 23.7 Å². The van der Waals surface area contributed by atoms with Gasteiger partial charge in [0, 0.05) is 26.1 Å². The number of hydrogen-bond donors (Lipinski definition) is 1. The molecule has 8 heteroatoms. The van der Waals surface area contributed by atoms with Gasteiger partial charge in [-0.2, -0.15) is 0 Å². The summed E-state index contributed by atoms with van der Waals surface area (Å²) in [5, 5.41) is 2.87.